The molecule has 146 valence electrons. The zero-order chi connectivity index (χ0) is 20.1. The first kappa shape index (κ1) is 20.7. The Labute approximate surface area is 160 Å². The molecule has 2 aromatic rings. The van der Waals surface area contributed by atoms with Gasteiger partial charge in [-0.25, -0.2) is 4.79 Å². The van der Waals surface area contributed by atoms with Gasteiger partial charge in [-0.1, -0.05) is 6.07 Å². The SMILES string of the molecule is CCN(C(=O)c1[nH]c(C)c(C(=O)OCCOC)c1C)c1cc(C)cc(C)c1. The number of nitrogens with one attached hydrogen (secondary N) is 1. The highest BCUT2D eigenvalue weighted by Crippen LogP contribution is 2.24. The number of rotatable bonds is 7. The Balaban J connectivity index is 2.35. The van der Waals surface area contributed by atoms with Gasteiger partial charge >= 0.3 is 5.97 Å². The van der Waals surface area contributed by atoms with E-state index >= 15 is 0 Å². The summed E-state index contributed by atoms with van der Waals surface area (Å²) < 4.78 is 10.1. The molecule has 0 saturated carbocycles. The molecule has 0 fully saturated rings. The van der Waals surface area contributed by atoms with Crippen molar-refractivity contribution in [1.29, 1.82) is 0 Å². The Morgan fingerprint density at radius 3 is 2.22 bits per heavy atom. The lowest BCUT2D eigenvalue weighted by atomic mass is 10.1. The normalized spacial score (nSPS) is 10.7. The number of aromatic nitrogens is 1. The molecule has 1 heterocycles. The number of carbonyl (C=O) groups excluding carboxylic acids is 2. The van der Waals surface area contributed by atoms with Crippen molar-refractivity contribution in [2.24, 2.45) is 0 Å². The summed E-state index contributed by atoms with van der Waals surface area (Å²) in [4.78, 5) is 30.3. The molecule has 0 bridgehead atoms. The van der Waals surface area contributed by atoms with Gasteiger partial charge in [0, 0.05) is 25.0 Å². The summed E-state index contributed by atoms with van der Waals surface area (Å²) in [7, 11) is 1.55. The van der Waals surface area contributed by atoms with Gasteiger partial charge in [0.1, 0.15) is 12.3 Å². The van der Waals surface area contributed by atoms with Crippen LogP contribution in [0.3, 0.4) is 0 Å². The molecule has 6 heteroatoms. The second-order valence-electron chi connectivity index (χ2n) is 6.65. The maximum absolute atomic E-state index is 13.2. The third kappa shape index (κ3) is 4.57. The van der Waals surface area contributed by atoms with Crippen molar-refractivity contribution in [3.05, 3.63) is 51.8 Å². The molecular weight excluding hydrogens is 344 g/mol. The number of H-pyrrole nitrogens is 1. The number of methoxy groups -OCH3 is 1. The number of esters is 1. The van der Waals surface area contributed by atoms with Crippen molar-refractivity contribution in [3.8, 4) is 0 Å². The van der Waals surface area contributed by atoms with Crippen molar-refractivity contribution in [2.45, 2.75) is 34.6 Å². The van der Waals surface area contributed by atoms with Crippen LogP contribution in [0.2, 0.25) is 0 Å². The van der Waals surface area contributed by atoms with Crippen LogP contribution in [0.5, 0.6) is 0 Å². The second-order valence-corrected chi connectivity index (χ2v) is 6.65. The van der Waals surface area contributed by atoms with E-state index in [2.05, 4.69) is 11.1 Å². The molecule has 0 radical (unpaired) electrons. The van der Waals surface area contributed by atoms with E-state index in [1.54, 1.807) is 25.9 Å². The van der Waals surface area contributed by atoms with Crippen molar-refractivity contribution in [2.75, 3.05) is 31.8 Å². The number of aryl methyl sites for hydroxylation is 3. The fraction of sp³-hybridized carbons (Fsp3) is 0.429. The molecule has 2 rings (SSSR count). The fourth-order valence-electron chi connectivity index (χ4n) is 3.24. The number of ether oxygens (including phenoxy) is 2. The van der Waals surface area contributed by atoms with Gasteiger partial charge in [0.2, 0.25) is 0 Å². The molecule has 27 heavy (non-hydrogen) atoms. The lowest BCUT2D eigenvalue weighted by Gasteiger charge is -2.22. The number of carbonyl (C=O) groups is 2. The average Bonchev–Trinajstić information content (AvgIpc) is 2.89. The summed E-state index contributed by atoms with van der Waals surface area (Å²) in [5.41, 5.74) is 5.07. The Bertz CT molecular complexity index is 819. The molecule has 0 unspecified atom stereocenters. The molecule has 0 spiro atoms. The molecule has 0 aliphatic heterocycles. The van der Waals surface area contributed by atoms with E-state index in [0.29, 0.717) is 35.7 Å². The van der Waals surface area contributed by atoms with Crippen LogP contribution in [-0.4, -0.2) is 43.7 Å². The summed E-state index contributed by atoms with van der Waals surface area (Å²) in [5.74, 6) is -0.620. The van der Waals surface area contributed by atoms with Crippen LogP contribution in [0.1, 0.15) is 50.2 Å². The van der Waals surface area contributed by atoms with Gasteiger partial charge in [-0.2, -0.15) is 0 Å². The van der Waals surface area contributed by atoms with E-state index < -0.39 is 5.97 Å². The summed E-state index contributed by atoms with van der Waals surface area (Å²) in [6, 6.07) is 6.04. The summed E-state index contributed by atoms with van der Waals surface area (Å²) >= 11 is 0. The van der Waals surface area contributed by atoms with Gasteiger partial charge < -0.3 is 19.4 Å². The first-order valence-electron chi connectivity index (χ1n) is 9.05. The topological polar surface area (TPSA) is 71.6 Å². The lowest BCUT2D eigenvalue weighted by Crippen LogP contribution is -2.31. The highest BCUT2D eigenvalue weighted by atomic mass is 16.6. The van der Waals surface area contributed by atoms with Crippen LogP contribution in [0.4, 0.5) is 5.69 Å². The maximum Gasteiger partial charge on any atom is 0.340 e. The first-order chi connectivity index (χ1) is 12.8. The second kappa shape index (κ2) is 8.86. The molecule has 1 aromatic carbocycles. The number of amides is 1. The smallest absolute Gasteiger partial charge is 0.340 e. The number of benzene rings is 1. The fourth-order valence-corrected chi connectivity index (χ4v) is 3.24. The highest BCUT2D eigenvalue weighted by molar-refractivity contribution is 6.08. The average molecular weight is 372 g/mol. The van der Waals surface area contributed by atoms with E-state index in [1.165, 1.54) is 0 Å². The molecular formula is C21H28N2O4. The Kier molecular flexibility index (Phi) is 6.80. The minimum absolute atomic E-state index is 0.168. The van der Waals surface area contributed by atoms with Crippen molar-refractivity contribution in [1.82, 2.24) is 4.98 Å². The van der Waals surface area contributed by atoms with Gasteiger partial charge in [-0.05, 0) is 63.4 Å². The standard InChI is InChI=1S/C21H28N2O4/c1-7-23(17-11-13(2)10-14(3)12-17)20(24)19-15(4)18(16(5)22-19)21(25)27-9-8-26-6/h10-12,22H,7-9H2,1-6H3. The number of hydrogen-bond donors (Lipinski definition) is 1. The van der Waals surface area contributed by atoms with Crippen LogP contribution in [0, 0.1) is 27.7 Å². The quantitative estimate of drug-likeness (QED) is 0.594. The van der Waals surface area contributed by atoms with E-state index in [0.717, 1.165) is 16.8 Å². The minimum atomic E-state index is -0.452. The summed E-state index contributed by atoms with van der Waals surface area (Å²) in [5, 5.41) is 0. The van der Waals surface area contributed by atoms with Gasteiger partial charge in [0.15, 0.2) is 0 Å². The molecule has 1 N–H and O–H groups in total. The molecule has 0 saturated heterocycles. The first-order valence-corrected chi connectivity index (χ1v) is 9.05. The number of anilines is 1. The summed E-state index contributed by atoms with van der Waals surface area (Å²) in [6.45, 7) is 10.5. The summed E-state index contributed by atoms with van der Waals surface area (Å²) in [6.07, 6.45) is 0. The number of hydrogen-bond acceptors (Lipinski definition) is 4. The zero-order valence-electron chi connectivity index (χ0n) is 16.9. The molecule has 1 amide bonds. The Hall–Kier alpha value is -2.60. The van der Waals surface area contributed by atoms with Crippen LogP contribution >= 0.6 is 0 Å². The largest absolute Gasteiger partial charge is 0.460 e. The van der Waals surface area contributed by atoms with Crippen molar-refractivity contribution < 1.29 is 19.1 Å². The molecule has 0 aliphatic carbocycles. The van der Waals surface area contributed by atoms with Crippen LogP contribution < -0.4 is 4.90 Å². The monoisotopic (exact) mass is 372 g/mol. The van der Waals surface area contributed by atoms with E-state index in [-0.39, 0.29) is 12.5 Å². The molecule has 0 aliphatic rings. The lowest BCUT2D eigenvalue weighted by molar-refractivity contribution is 0.0387. The minimum Gasteiger partial charge on any atom is -0.460 e. The highest BCUT2D eigenvalue weighted by Gasteiger charge is 2.26. The van der Waals surface area contributed by atoms with Gasteiger partial charge in [-0.15, -0.1) is 0 Å². The van der Waals surface area contributed by atoms with Crippen molar-refractivity contribution >= 4 is 17.6 Å². The van der Waals surface area contributed by atoms with Gasteiger partial charge in [0.05, 0.1) is 12.2 Å². The van der Waals surface area contributed by atoms with Gasteiger partial charge in [0.25, 0.3) is 5.91 Å². The molecule has 6 nitrogen and oxygen atoms in total. The van der Waals surface area contributed by atoms with Crippen LogP contribution in [-0.2, 0) is 9.47 Å². The maximum atomic E-state index is 13.2. The predicted octanol–water partition coefficient (Wildman–Crippen LogP) is 3.72. The van der Waals surface area contributed by atoms with E-state index in [9.17, 15) is 9.59 Å². The third-order valence-electron chi connectivity index (χ3n) is 4.46. The number of aromatic amines is 1. The molecule has 1 aromatic heterocycles. The zero-order valence-corrected chi connectivity index (χ0v) is 16.9. The van der Waals surface area contributed by atoms with E-state index in [4.69, 9.17) is 9.47 Å². The molecule has 0 atom stereocenters. The Morgan fingerprint density at radius 2 is 1.67 bits per heavy atom. The van der Waals surface area contributed by atoms with Gasteiger partial charge in [-0.3, -0.25) is 4.79 Å². The van der Waals surface area contributed by atoms with E-state index in [1.807, 2.05) is 32.9 Å². The predicted molar refractivity (Wildman–Crippen MR) is 106 cm³/mol. The number of nitrogens with zero attached hydrogens (tertiary/aromatic N) is 1. The van der Waals surface area contributed by atoms with Crippen LogP contribution in [0.25, 0.3) is 0 Å². The van der Waals surface area contributed by atoms with Crippen LogP contribution in [0.15, 0.2) is 18.2 Å². The van der Waals surface area contributed by atoms with Crippen molar-refractivity contribution in [3.63, 3.8) is 0 Å². The Morgan fingerprint density at radius 1 is 1.04 bits per heavy atom. The third-order valence-corrected chi connectivity index (χ3v) is 4.46.